The maximum absolute atomic E-state index is 6.58. The predicted molar refractivity (Wildman–Crippen MR) is 234 cm³/mol. The van der Waals surface area contributed by atoms with E-state index in [2.05, 4.69) is 218 Å². The average molecular weight is 716 g/mol. The van der Waals surface area contributed by atoms with Crippen LogP contribution in [0.5, 0.6) is 0 Å². The Morgan fingerprint density at radius 1 is 0.411 bits per heavy atom. The summed E-state index contributed by atoms with van der Waals surface area (Å²) in [6, 6.07) is 74.8. The molecule has 0 N–H and O–H groups in total. The fraction of sp³-hybridized carbons (Fsp3) is 0.0370. The van der Waals surface area contributed by atoms with Crippen molar-refractivity contribution < 1.29 is 4.42 Å². The minimum Gasteiger partial charge on any atom is -0.456 e. The quantitative estimate of drug-likeness (QED) is 0.170. The highest BCUT2D eigenvalue weighted by atomic mass is 16.3. The molecule has 0 aliphatic heterocycles. The highest BCUT2D eigenvalue weighted by molar-refractivity contribution is 6.16. The van der Waals surface area contributed by atoms with E-state index in [-0.39, 0.29) is 5.41 Å². The van der Waals surface area contributed by atoms with Crippen molar-refractivity contribution in [1.82, 2.24) is 0 Å². The molecule has 11 rings (SSSR count). The normalized spacial score (nSPS) is 14.6. The molecule has 1 heterocycles. The van der Waals surface area contributed by atoms with Gasteiger partial charge in [-0.3, -0.25) is 0 Å². The second-order valence-corrected chi connectivity index (χ2v) is 15.0. The van der Waals surface area contributed by atoms with E-state index in [1.54, 1.807) is 0 Å². The fourth-order valence-corrected chi connectivity index (χ4v) is 9.19. The molecule has 264 valence electrons. The van der Waals surface area contributed by atoms with Gasteiger partial charge in [0.25, 0.3) is 0 Å². The molecule has 9 aromatic carbocycles. The molecule has 1 aliphatic carbocycles. The lowest BCUT2D eigenvalue weighted by Gasteiger charge is -2.31. The van der Waals surface area contributed by atoms with Gasteiger partial charge in [-0.1, -0.05) is 158 Å². The van der Waals surface area contributed by atoms with E-state index in [0.29, 0.717) is 0 Å². The molecule has 10 aromatic rings. The summed E-state index contributed by atoms with van der Waals surface area (Å²) in [7, 11) is 0. The Morgan fingerprint density at radius 2 is 1.02 bits per heavy atom. The average Bonchev–Trinajstić information content (AvgIpc) is 3.76. The standard InChI is InChI=1S/C54H37NO/c1-54(40-19-6-3-7-20-40)48-24-12-10-21-43(48)44-32-31-42(35-49(44)54)55(41-29-27-37(28-30-41)36-15-4-2-5-16-36)50-25-13-11-22-45(50)46-23-14-26-51-53(46)47-33-38-17-8-9-18-39(38)34-52(47)56-51/h2-35H,1H3. The van der Waals surface area contributed by atoms with Crippen molar-refractivity contribution in [3.63, 3.8) is 0 Å². The summed E-state index contributed by atoms with van der Waals surface area (Å²) in [5.41, 5.74) is 15.9. The van der Waals surface area contributed by atoms with Gasteiger partial charge in [-0.05, 0) is 111 Å². The van der Waals surface area contributed by atoms with Gasteiger partial charge in [0.1, 0.15) is 11.2 Å². The van der Waals surface area contributed by atoms with Gasteiger partial charge in [0.2, 0.25) is 0 Å². The molecule has 0 radical (unpaired) electrons. The molecule has 0 fully saturated rings. The van der Waals surface area contributed by atoms with Gasteiger partial charge < -0.3 is 9.32 Å². The van der Waals surface area contributed by atoms with E-state index in [1.165, 1.54) is 49.7 Å². The molecule has 1 aliphatic rings. The number of fused-ring (bicyclic) bond motifs is 7. The summed E-state index contributed by atoms with van der Waals surface area (Å²) in [5, 5.41) is 4.62. The molecule has 1 atom stereocenters. The summed E-state index contributed by atoms with van der Waals surface area (Å²) in [5.74, 6) is 0. The lowest BCUT2D eigenvalue weighted by atomic mass is 9.74. The second-order valence-electron chi connectivity index (χ2n) is 15.0. The fourth-order valence-electron chi connectivity index (χ4n) is 9.19. The van der Waals surface area contributed by atoms with E-state index in [0.717, 1.165) is 50.1 Å². The first kappa shape index (κ1) is 32.3. The Hall–Kier alpha value is -7.16. The Morgan fingerprint density at radius 3 is 1.82 bits per heavy atom. The van der Waals surface area contributed by atoms with Crippen LogP contribution < -0.4 is 4.90 Å². The van der Waals surface area contributed by atoms with Crippen LogP contribution >= 0.6 is 0 Å². The van der Waals surface area contributed by atoms with Crippen LogP contribution in [0.2, 0.25) is 0 Å². The first-order valence-electron chi connectivity index (χ1n) is 19.3. The zero-order valence-electron chi connectivity index (χ0n) is 31.0. The summed E-state index contributed by atoms with van der Waals surface area (Å²) in [6.45, 7) is 2.39. The van der Waals surface area contributed by atoms with Crippen LogP contribution in [0.25, 0.3) is 66.1 Å². The summed E-state index contributed by atoms with van der Waals surface area (Å²) < 4.78 is 6.58. The smallest absolute Gasteiger partial charge is 0.136 e. The van der Waals surface area contributed by atoms with Crippen LogP contribution in [-0.2, 0) is 5.41 Å². The molecule has 0 amide bonds. The predicted octanol–water partition coefficient (Wildman–Crippen LogP) is 14.9. The molecular weight excluding hydrogens is 679 g/mol. The molecule has 0 spiro atoms. The molecule has 2 heteroatoms. The van der Waals surface area contributed by atoms with Gasteiger partial charge in [-0.25, -0.2) is 0 Å². The number of benzene rings is 9. The lowest BCUT2D eigenvalue weighted by molar-refractivity contribution is 0.669. The second kappa shape index (κ2) is 12.7. The SMILES string of the molecule is CC1(c2ccccc2)c2ccccc2-c2ccc(N(c3ccc(-c4ccccc4)cc3)c3ccccc3-c3cccc4oc5cc6ccccc6cc5c34)cc21. The Labute approximate surface area is 326 Å². The van der Waals surface area contributed by atoms with Gasteiger partial charge in [0.15, 0.2) is 0 Å². The number of rotatable bonds is 6. The van der Waals surface area contributed by atoms with Gasteiger partial charge >= 0.3 is 0 Å². The number of anilines is 3. The topological polar surface area (TPSA) is 16.4 Å². The van der Waals surface area contributed by atoms with Gasteiger partial charge in [0.05, 0.1) is 5.69 Å². The molecule has 2 nitrogen and oxygen atoms in total. The van der Waals surface area contributed by atoms with Crippen LogP contribution in [0.4, 0.5) is 17.1 Å². The minimum absolute atomic E-state index is 0.324. The monoisotopic (exact) mass is 715 g/mol. The largest absolute Gasteiger partial charge is 0.456 e. The van der Waals surface area contributed by atoms with E-state index >= 15 is 0 Å². The summed E-state index contributed by atoms with van der Waals surface area (Å²) in [4.78, 5) is 2.44. The Balaban J connectivity index is 1.15. The highest BCUT2D eigenvalue weighted by Crippen LogP contribution is 2.54. The third kappa shape index (κ3) is 4.96. The van der Waals surface area contributed by atoms with Crippen LogP contribution in [0.1, 0.15) is 23.6 Å². The van der Waals surface area contributed by atoms with E-state index in [1.807, 2.05) is 0 Å². The van der Waals surface area contributed by atoms with Crippen LogP contribution in [0.15, 0.2) is 211 Å². The van der Waals surface area contributed by atoms with Gasteiger partial charge in [-0.2, -0.15) is 0 Å². The Kier molecular flexibility index (Phi) is 7.33. The number of nitrogens with zero attached hydrogens (tertiary/aromatic N) is 1. The number of furan rings is 1. The molecule has 0 bridgehead atoms. The third-order valence-electron chi connectivity index (χ3n) is 11.9. The van der Waals surface area contributed by atoms with Gasteiger partial charge in [-0.15, -0.1) is 0 Å². The molecule has 0 saturated heterocycles. The molecule has 1 aromatic heterocycles. The zero-order chi connectivity index (χ0) is 37.2. The van der Waals surface area contributed by atoms with Crippen molar-refractivity contribution in [2.24, 2.45) is 0 Å². The van der Waals surface area contributed by atoms with Crippen molar-refractivity contribution in [1.29, 1.82) is 0 Å². The third-order valence-corrected chi connectivity index (χ3v) is 11.9. The number of hydrogen-bond acceptors (Lipinski definition) is 2. The zero-order valence-corrected chi connectivity index (χ0v) is 31.0. The van der Waals surface area contributed by atoms with E-state index in [9.17, 15) is 0 Å². The Bertz CT molecular complexity index is 3090. The molecular formula is C54H37NO. The first-order valence-corrected chi connectivity index (χ1v) is 19.3. The van der Waals surface area contributed by atoms with Crippen LogP contribution in [-0.4, -0.2) is 0 Å². The summed E-state index contributed by atoms with van der Waals surface area (Å²) >= 11 is 0. The number of hydrogen-bond donors (Lipinski definition) is 0. The molecule has 0 saturated carbocycles. The maximum Gasteiger partial charge on any atom is 0.136 e. The highest BCUT2D eigenvalue weighted by Gasteiger charge is 2.41. The first-order chi connectivity index (χ1) is 27.6. The number of para-hydroxylation sites is 1. The van der Waals surface area contributed by atoms with Crippen molar-refractivity contribution in [3.8, 4) is 33.4 Å². The molecule has 56 heavy (non-hydrogen) atoms. The van der Waals surface area contributed by atoms with Crippen molar-refractivity contribution >= 4 is 49.8 Å². The van der Waals surface area contributed by atoms with Crippen LogP contribution in [0.3, 0.4) is 0 Å². The summed E-state index contributed by atoms with van der Waals surface area (Å²) in [6.07, 6.45) is 0. The van der Waals surface area contributed by atoms with Crippen molar-refractivity contribution in [3.05, 3.63) is 223 Å². The lowest BCUT2D eigenvalue weighted by Crippen LogP contribution is -2.22. The van der Waals surface area contributed by atoms with Gasteiger partial charge in [0, 0.05) is 33.1 Å². The van der Waals surface area contributed by atoms with Crippen molar-refractivity contribution in [2.45, 2.75) is 12.3 Å². The van der Waals surface area contributed by atoms with E-state index in [4.69, 9.17) is 4.42 Å². The van der Waals surface area contributed by atoms with Crippen LogP contribution in [0, 0.1) is 0 Å². The minimum atomic E-state index is -0.324. The maximum atomic E-state index is 6.58. The van der Waals surface area contributed by atoms with E-state index < -0.39 is 0 Å². The van der Waals surface area contributed by atoms with Crippen molar-refractivity contribution in [2.75, 3.05) is 4.90 Å². The molecule has 1 unspecified atom stereocenters.